The Morgan fingerprint density at radius 3 is 2.35 bits per heavy atom. The van der Waals surface area contributed by atoms with Crippen molar-refractivity contribution in [1.82, 2.24) is 0 Å². The number of anilines is 1. The summed E-state index contributed by atoms with van der Waals surface area (Å²) in [4.78, 5) is 12.0. The fourth-order valence-corrected chi connectivity index (χ4v) is 1.79. The molecular weight excluding hydrogens is 311 g/mol. The van der Waals surface area contributed by atoms with Crippen LogP contribution in [0.25, 0.3) is 0 Å². The van der Waals surface area contributed by atoms with Crippen LogP contribution < -0.4 is 14.8 Å². The van der Waals surface area contributed by atoms with Crippen molar-refractivity contribution in [1.29, 1.82) is 0 Å². The van der Waals surface area contributed by atoms with Gasteiger partial charge in [0.25, 0.3) is 5.91 Å². The van der Waals surface area contributed by atoms with Gasteiger partial charge in [0, 0.05) is 17.8 Å². The summed E-state index contributed by atoms with van der Waals surface area (Å²) in [5, 5.41) is 2.51. The first-order chi connectivity index (χ1) is 10.9. The molecule has 122 valence electrons. The van der Waals surface area contributed by atoms with Gasteiger partial charge in [-0.05, 0) is 31.2 Å². The summed E-state index contributed by atoms with van der Waals surface area (Å²) in [6, 6.07) is 11.0. The number of hydrogen-bond donors (Lipinski definition) is 1. The lowest BCUT2D eigenvalue weighted by Gasteiger charge is -2.15. The van der Waals surface area contributed by atoms with E-state index in [4.69, 9.17) is 4.74 Å². The van der Waals surface area contributed by atoms with Crippen LogP contribution in [0.4, 0.5) is 18.9 Å². The van der Waals surface area contributed by atoms with E-state index in [2.05, 4.69) is 10.1 Å². The summed E-state index contributed by atoms with van der Waals surface area (Å²) in [6.45, 7) is -1.46. The molecule has 1 amide bonds. The second kappa shape index (κ2) is 7.53. The van der Waals surface area contributed by atoms with Crippen molar-refractivity contribution in [3.8, 4) is 11.5 Å². The highest BCUT2D eigenvalue weighted by atomic mass is 19.3. The van der Waals surface area contributed by atoms with Gasteiger partial charge in [0.05, 0.1) is 0 Å². The molecule has 23 heavy (non-hydrogen) atoms. The molecule has 0 radical (unpaired) electrons. The highest BCUT2D eigenvalue weighted by Crippen LogP contribution is 2.20. The molecule has 0 aliphatic carbocycles. The first-order valence-electron chi connectivity index (χ1n) is 6.72. The number of carbonyl (C=O) groups excluding carboxylic acids is 1. The van der Waals surface area contributed by atoms with Crippen LogP contribution in [0.15, 0.2) is 48.5 Å². The summed E-state index contributed by atoms with van der Waals surface area (Å²) < 4.78 is 46.9. The quantitative estimate of drug-likeness (QED) is 0.878. The number of alkyl halides is 2. The van der Waals surface area contributed by atoms with Crippen LogP contribution in [0.5, 0.6) is 11.5 Å². The Hall–Kier alpha value is -2.70. The van der Waals surface area contributed by atoms with Gasteiger partial charge in [0.15, 0.2) is 6.10 Å². The summed E-state index contributed by atoms with van der Waals surface area (Å²) in [7, 11) is 0. The monoisotopic (exact) mass is 325 g/mol. The van der Waals surface area contributed by atoms with Crippen molar-refractivity contribution in [2.75, 3.05) is 5.32 Å². The topological polar surface area (TPSA) is 47.6 Å². The van der Waals surface area contributed by atoms with Gasteiger partial charge in [-0.25, -0.2) is 4.39 Å². The molecule has 0 bridgehead atoms. The predicted octanol–water partition coefficient (Wildman–Crippen LogP) is 3.83. The minimum Gasteiger partial charge on any atom is -0.481 e. The van der Waals surface area contributed by atoms with Crippen LogP contribution >= 0.6 is 0 Å². The Balaban J connectivity index is 1.98. The van der Waals surface area contributed by atoms with Crippen molar-refractivity contribution in [2.24, 2.45) is 0 Å². The van der Waals surface area contributed by atoms with Crippen molar-refractivity contribution in [2.45, 2.75) is 19.6 Å². The number of nitrogens with one attached hydrogen (secondary N) is 1. The Labute approximate surface area is 130 Å². The lowest BCUT2D eigenvalue weighted by atomic mass is 10.2. The van der Waals surface area contributed by atoms with E-state index in [0.717, 1.165) is 6.07 Å². The van der Waals surface area contributed by atoms with Gasteiger partial charge in [-0.2, -0.15) is 8.78 Å². The standard InChI is InChI=1S/C16H14F3NO3/c1-10(22-13-6-2-4-11(17)8-13)15(21)20-12-5-3-7-14(9-12)23-16(18)19/h2-10,16H,1H3,(H,20,21). The summed E-state index contributed by atoms with van der Waals surface area (Å²) in [6.07, 6.45) is -0.906. The van der Waals surface area contributed by atoms with Gasteiger partial charge in [0.2, 0.25) is 0 Å². The molecule has 0 saturated heterocycles. The highest BCUT2D eigenvalue weighted by Gasteiger charge is 2.15. The fraction of sp³-hybridized carbons (Fsp3) is 0.188. The molecule has 1 unspecified atom stereocenters. The van der Waals surface area contributed by atoms with E-state index in [1.54, 1.807) is 0 Å². The first kappa shape index (κ1) is 16.7. The van der Waals surface area contributed by atoms with E-state index in [1.807, 2.05) is 0 Å². The van der Waals surface area contributed by atoms with E-state index in [1.165, 1.54) is 49.4 Å². The zero-order chi connectivity index (χ0) is 16.8. The lowest BCUT2D eigenvalue weighted by Crippen LogP contribution is -2.30. The molecule has 0 spiro atoms. The molecule has 1 N–H and O–H groups in total. The van der Waals surface area contributed by atoms with Crippen LogP contribution in [0.3, 0.4) is 0 Å². The minimum atomic E-state index is -2.95. The van der Waals surface area contributed by atoms with Gasteiger partial charge >= 0.3 is 6.61 Å². The van der Waals surface area contributed by atoms with Crippen LogP contribution in [-0.2, 0) is 4.79 Å². The molecule has 7 heteroatoms. The lowest BCUT2D eigenvalue weighted by molar-refractivity contribution is -0.122. The molecule has 0 fully saturated rings. The van der Waals surface area contributed by atoms with E-state index >= 15 is 0 Å². The number of carbonyl (C=O) groups is 1. The average molecular weight is 325 g/mol. The zero-order valence-electron chi connectivity index (χ0n) is 12.1. The van der Waals surface area contributed by atoms with Gasteiger partial charge in [-0.3, -0.25) is 4.79 Å². The normalized spacial score (nSPS) is 11.9. The van der Waals surface area contributed by atoms with Crippen molar-refractivity contribution in [3.63, 3.8) is 0 Å². The van der Waals surface area contributed by atoms with Crippen LogP contribution in [0.1, 0.15) is 6.92 Å². The largest absolute Gasteiger partial charge is 0.481 e. The second-order valence-electron chi connectivity index (χ2n) is 4.61. The second-order valence-corrected chi connectivity index (χ2v) is 4.61. The van der Waals surface area contributed by atoms with Crippen LogP contribution in [0.2, 0.25) is 0 Å². The van der Waals surface area contributed by atoms with E-state index in [9.17, 15) is 18.0 Å². The first-order valence-corrected chi connectivity index (χ1v) is 6.72. The fourth-order valence-electron chi connectivity index (χ4n) is 1.79. The Bertz CT molecular complexity index is 679. The molecule has 4 nitrogen and oxygen atoms in total. The molecule has 0 heterocycles. The van der Waals surface area contributed by atoms with E-state index < -0.39 is 24.4 Å². The SMILES string of the molecule is CC(Oc1cccc(F)c1)C(=O)Nc1cccc(OC(F)F)c1. The molecule has 2 aromatic carbocycles. The Kier molecular flexibility index (Phi) is 5.46. The minimum absolute atomic E-state index is 0.0727. The van der Waals surface area contributed by atoms with Crippen molar-refractivity contribution in [3.05, 3.63) is 54.3 Å². The molecule has 0 aliphatic heterocycles. The number of amides is 1. The Morgan fingerprint density at radius 2 is 1.70 bits per heavy atom. The van der Waals surface area contributed by atoms with Gasteiger partial charge in [0.1, 0.15) is 17.3 Å². The maximum Gasteiger partial charge on any atom is 0.387 e. The molecule has 0 saturated carbocycles. The molecule has 0 aliphatic rings. The smallest absolute Gasteiger partial charge is 0.387 e. The van der Waals surface area contributed by atoms with Gasteiger partial charge in [-0.15, -0.1) is 0 Å². The van der Waals surface area contributed by atoms with Crippen LogP contribution in [0, 0.1) is 5.82 Å². The van der Waals surface area contributed by atoms with Gasteiger partial charge in [-0.1, -0.05) is 12.1 Å². The van der Waals surface area contributed by atoms with Crippen molar-refractivity contribution >= 4 is 11.6 Å². The Morgan fingerprint density at radius 1 is 1.04 bits per heavy atom. The molecule has 0 aromatic heterocycles. The third-order valence-electron chi connectivity index (χ3n) is 2.80. The summed E-state index contributed by atoms with van der Waals surface area (Å²) in [5.74, 6) is -0.852. The molecule has 2 rings (SSSR count). The maximum atomic E-state index is 13.1. The number of rotatable bonds is 6. The van der Waals surface area contributed by atoms with E-state index in [-0.39, 0.29) is 17.2 Å². The predicted molar refractivity (Wildman–Crippen MR) is 78.2 cm³/mol. The summed E-state index contributed by atoms with van der Waals surface area (Å²) >= 11 is 0. The highest BCUT2D eigenvalue weighted by molar-refractivity contribution is 5.94. The molecular formula is C16H14F3NO3. The van der Waals surface area contributed by atoms with Crippen molar-refractivity contribution < 1.29 is 27.4 Å². The molecule has 2 aromatic rings. The average Bonchev–Trinajstić information content (AvgIpc) is 2.46. The number of halogens is 3. The third kappa shape index (κ3) is 5.21. The van der Waals surface area contributed by atoms with E-state index in [0.29, 0.717) is 0 Å². The summed E-state index contributed by atoms with van der Waals surface area (Å²) in [5.41, 5.74) is 0.280. The zero-order valence-corrected chi connectivity index (χ0v) is 12.1. The molecule has 1 atom stereocenters. The number of ether oxygens (including phenoxy) is 2. The van der Waals surface area contributed by atoms with Crippen LogP contribution in [-0.4, -0.2) is 18.6 Å². The maximum absolute atomic E-state index is 13.1. The number of hydrogen-bond acceptors (Lipinski definition) is 3. The third-order valence-corrected chi connectivity index (χ3v) is 2.80. The number of benzene rings is 2. The van der Waals surface area contributed by atoms with Gasteiger partial charge < -0.3 is 14.8 Å².